The molecular formula is C30H46N4O5S2. The van der Waals surface area contributed by atoms with Gasteiger partial charge in [-0.2, -0.15) is 4.72 Å². The van der Waals surface area contributed by atoms with Gasteiger partial charge < -0.3 is 14.2 Å². The average molecular weight is 607 g/mol. The summed E-state index contributed by atoms with van der Waals surface area (Å²) in [6, 6.07) is 4.89. The van der Waals surface area contributed by atoms with Crippen LogP contribution in [0.3, 0.4) is 0 Å². The van der Waals surface area contributed by atoms with Gasteiger partial charge in [-0.15, -0.1) is 12.6 Å². The van der Waals surface area contributed by atoms with Crippen LogP contribution in [0, 0.1) is 17.8 Å². The second kappa shape index (κ2) is 15.6. The van der Waals surface area contributed by atoms with Gasteiger partial charge in [0.1, 0.15) is 11.6 Å². The Balaban J connectivity index is 2.45. The van der Waals surface area contributed by atoms with Crippen molar-refractivity contribution < 1.29 is 22.4 Å². The molecule has 2 aromatic rings. The molecule has 0 aliphatic carbocycles. The highest BCUT2D eigenvalue weighted by Gasteiger charge is 2.33. The van der Waals surface area contributed by atoms with Crippen LogP contribution in [-0.4, -0.2) is 67.3 Å². The van der Waals surface area contributed by atoms with E-state index in [2.05, 4.69) is 22.3 Å². The summed E-state index contributed by atoms with van der Waals surface area (Å²) in [5, 5.41) is 1.22. The maximum absolute atomic E-state index is 13.9. The predicted octanol–water partition coefficient (Wildman–Crippen LogP) is 5.35. The van der Waals surface area contributed by atoms with E-state index in [0.29, 0.717) is 41.3 Å². The monoisotopic (exact) mass is 606 g/mol. The molecule has 0 bridgehead atoms. The largest absolute Gasteiger partial charge is 0.464 e. The Hall–Kier alpha value is -2.63. The Bertz CT molecular complexity index is 1330. The number of sulfonamides is 1. The van der Waals surface area contributed by atoms with Crippen LogP contribution < -0.4 is 4.72 Å². The van der Waals surface area contributed by atoms with Gasteiger partial charge in [0.25, 0.3) is 0 Å². The molecular weight excluding hydrogens is 560 g/mol. The minimum Gasteiger partial charge on any atom is -0.464 e. The molecule has 0 spiro atoms. The third-order valence-electron chi connectivity index (χ3n) is 6.07. The summed E-state index contributed by atoms with van der Waals surface area (Å²) in [4.78, 5) is 35.2. The molecule has 9 nitrogen and oxygen atoms in total. The summed E-state index contributed by atoms with van der Waals surface area (Å²) in [5.74, 6) is -0.255. The molecule has 0 radical (unpaired) electrons. The van der Waals surface area contributed by atoms with E-state index in [1.165, 1.54) is 18.4 Å². The van der Waals surface area contributed by atoms with Gasteiger partial charge in [-0.1, -0.05) is 41.5 Å². The molecule has 0 fully saturated rings. The van der Waals surface area contributed by atoms with Crippen molar-refractivity contribution >= 4 is 50.5 Å². The molecule has 41 heavy (non-hydrogen) atoms. The van der Waals surface area contributed by atoms with Crippen LogP contribution >= 0.6 is 12.6 Å². The topological polar surface area (TPSA) is 112 Å². The van der Waals surface area contributed by atoms with Crippen molar-refractivity contribution in [2.24, 2.45) is 22.7 Å². The molecule has 0 saturated carbocycles. The number of furan rings is 1. The average Bonchev–Trinajstić information content (AvgIpc) is 3.32. The highest BCUT2D eigenvalue weighted by atomic mass is 32.2. The van der Waals surface area contributed by atoms with Crippen molar-refractivity contribution in [3.63, 3.8) is 0 Å². The summed E-state index contributed by atoms with van der Waals surface area (Å²) in [5.41, 5.74) is 1.26. The Morgan fingerprint density at radius 2 is 1.56 bits per heavy atom. The summed E-state index contributed by atoms with van der Waals surface area (Å²) in [6.45, 7) is 17.2. The predicted molar refractivity (Wildman–Crippen MR) is 168 cm³/mol. The molecule has 0 aliphatic heterocycles. The van der Waals surface area contributed by atoms with Gasteiger partial charge in [-0.05, 0) is 61.9 Å². The maximum Gasteiger partial charge on any atom is 0.241 e. The van der Waals surface area contributed by atoms with E-state index >= 15 is 0 Å². The molecule has 1 heterocycles. The van der Waals surface area contributed by atoms with Crippen LogP contribution in [0.2, 0.25) is 0 Å². The first kappa shape index (κ1) is 34.6. The van der Waals surface area contributed by atoms with E-state index in [4.69, 9.17) is 4.42 Å². The van der Waals surface area contributed by atoms with Crippen LogP contribution in [0.4, 0.5) is 0 Å². The Labute approximate surface area is 250 Å². The molecule has 11 heteroatoms. The lowest BCUT2D eigenvalue weighted by molar-refractivity contribution is -0.139. The van der Waals surface area contributed by atoms with Crippen LogP contribution in [0.25, 0.3) is 11.0 Å². The fraction of sp³-hybridized carbons (Fsp3) is 0.567. The van der Waals surface area contributed by atoms with Crippen molar-refractivity contribution in [3.8, 4) is 0 Å². The van der Waals surface area contributed by atoms with Gasteiger partial charge in [0.05, 0.1) is 22.6 Å². The van der Waals surface area contributed by atoms with Crippen LogP contribution in [0.5, 0.6) is 0 Å². The highest BCUT2D eigenvalue weighted by Crippen LogP contribution is 2.21. The van der Waals surface area contributed by atoms with Gasteiger partial charge in [-0.25, -0.2) is 8.42 Å². The minimum absolute atomic E-state index is 0.00602. The number of hydrogen-bond donors (Lipinski definition) is 2. The summed E-state index contributed by atoms with van der Waals surface area (Å²) >= 11 is 4.21. The van der Waals surface area contributed by atoms with E-state index in [0.717, 1.165) is 0 Å². The summed E-state index contributed by atoms with van der Waals surface area (Å²) in [6.07, 6.45) is 3.00. The molecule has 1 aromatic heterocycles. The SMILES string of the molecule is C/C(S)=N/C(C)=C/CN(CC(C)C)C(=O)C[C@H](NS(=O)(=O)c1ccc2occc2c1)C(=O)N(CC(C)C)CC(C)C. The molecule has 0 unspecified atom stereocenters. The smallest absolute Gasteiger partial charge is 0.241 e. The van der Waals surface area contributed by atoms with Crippen molar-refractivity contribution in [1.82, 2.24) is 14.5 Å². The van der Waals surface area contributed by atoms with E-state index in [1.807, 2.05) is 54.5 Å². The van der Waals surface area contributed by atoms with Gasteiger partial charge in [0.15, 0.2) is 0 Å². The molecule has 0 aliphatic rings. The number of fused-ring (bicyclic) bond motifs is 1. The second-order valence-electron chi connectivity index (χ2n) is 11.7. The molecule has 1 N–H and O–H groups in total. The number of allylic oxidation sites excluding steroid dienone is 1. The zero-order chi connectivity index (χ0) is 30.9. The molecule has 1 aromatic carbocycles. The van der Waals surface area contributed by atoms with E-state index < -0.39 is 22.0 Å². The molecule has 228 valence electrons. The highest BCUT2D eigenvalue weighted by molar-refractivity contribution is 7.96. The number of hydrogen-bond acceptors (Lipinski definition) is 6. The van der Waals surface area contributed by atoms with Crippen molar-refractivity contribution in [2.75, 3.05) is 26.2 Å². The van der Waals surface area contributed by atoms with Crippen molar-refractivity contribution in [2.45, 2.75) is 72.7 Å². The first-order chi connectivity index (χ1) is 19.1. The number of amides is 2. The van der Waals surface area contributed by atoms with E-state index in [9.17, 15) is 18.0 Å². The fourth-order valence-electron chi connectivity index (χ4n) is 4.47. The lowest BCUT2D eigenvalue weighted by Crippen LogP contribution is -2.52. The molecule has 2 amide bonds. The minimum atomic E-state index is -4.15. The van der Waals surface area contributed by atoms with Crippen LogP contribution in [0.15, 0.2) is 56.6 Å². The number of carbonyl (C=O) groups excluding carboxylic acids is 2. The number of carbonyl (C=O) groups is 2. The van der Waals surface area contributed by atoms with Gasteiger partial charge >= 0.3 is 0 Å². The van der Waals surface area contributed by atoms with Crippen LogP contribution in [-0.2, 0) is 19.6 Å². The normalized spacial score (nSPS) is 13.9. The summed E-state index contributed by atoms with van der Waals surface area (Å²) in [7, 11) is -4.15. The third kappa shape index (κ3) is 11.3. The molecule has 2 rings (SSSR count). The first-order valence-electron chi connectivity index (χ1n) is 14.1. The first-order valence-corrected chi connectivity index (χ1v) is 16.0. The second-order valence-corrected chi connectivity index (χ2v) is 14.1. The van der Waals surface area contributed by atoms with Gasteiger partial charge in [0, 0.05) is 37.3 Å². The lowest BCUT2D eigenvalue weighted by Gasteiger charge is -2.31. The zero-order valence-electron chi connectivity index (χ0n) is 25.5. The fourth-order valence-corrected chi connectivity index (χ4v) is 5.85. The van der Waals surface area contributed by atoms with Crippen molar-refractivity contribution in [3.05, 3.63) is 42.3 Å². The number of nitrogens with zero attached hydrogens (tertiary/aromatic N) is 3. The van der Waals surface area contributed by atoms with Gasteiger partial charge in [-0.3, -0.25) is 14.6 Å². The molecule has 0 saturated heterocycles. The quantitative estimate of drug-likeness (QED) is 0.161. The Morgan fingerprint density at radius 3 is 2.12 bits per heavy atom. The lowest BCUT2D eigenvalue weighted by atomic mass is 10.1. The standard InChI is InChI=1S/C30H46N4O5S2/c1-20(2)17-33(13-11-23(7)31-24(8)40)29(35)16-27(30(36)34(18-21(3)4)19-22(5)6)32-41(37,38)26-9-10-28-25(15-26)12-14-39-28/h9-12,14-15,20-22,27,32H,13,16-19H2,1-8H3,(H,31,40)/b23-11+/t27-/m0/s1. The van der Waals surface area contributed by atoms with Crippen molar-refractivity contribution in [1.29, 1.82) is 0 Å². The number of nitrogens with one attached hydrogen (secondary N) is 1. The zero-order valence-corrected chi connectivity index (χ0v) is 27.3. The van der Waals surface area contributed by atoms with E-state index in [-0.39, 0.29) is 41.5 Å². The Morgan fingerprint density at radius 1 is 0.976 bits per heavy atom. The van der Waals surface area contributed by atoms with Crippen LogP contribution in [0.1, 0.15) is 61.8 Å². The third-order valence-corrected chi connectivity index (χ3v) is 7.64. The number of benzene rings is 1. The number of rotatable bonds is 15. The molecule has 1 atom stereocenters. The number of aliphatic imine (C=N–C) groups is 1. The number of thiol groups is 1. The maximum atomic E-state index is 13.9. The summed E-state index contributed by atoms with van der Waals surface area (Å²) < 4.78 is 35.0. The van der Waals surface area contributed by atoms with E-state index in [1.54, 1.807) is 28.9 Å². The Kier molecular flexibility index (Phi) is 13.1. The van der Waals surface area contributed by atoms with Gasteiger partial charge in [0.2, 0.25) is 21.8 Å².